The Morgan fingerprint density at radius 2 is 1.96 bits per heavy atom. The molecular weight excluding hydrogens is 353 g/mol. The number of anilines is 1. The SMILES string of the molecule is CNc1nc(=O)n(-c2ccccc2Cl)c2nc(C(F)(F)F)sc12. The van der Waals surface area contributed by atoms with Crippen molar-refractivity contribution in [2.75, 3.05) is 12.4 Å². The monoisotopic (exact) mass is 360 g/mol. The first-order valence-electron chi connectivity index (χ1n) is 6.26. The van der Waals surface area contributed by atoms with Gasteiger partial charge in [0.2, 0.25) is 5.01 Å². The van der Waals surface area contributed by atoms with Gasteiger partial charge in [0.05, 0.1) is 10.7 Å². The van der Waals surface area contributed by atoms with Crippen molar-refractivity contribution < 1.29 is 13.2 Å². The van der Waals surface area contributed by atoms with E-state index in [1.165, 1.54) is 19.2 Å². The van der Waals surface area contributed by atoms with Gasteiger partial charge in [-0.3, -0.25) is 0 Å². The standard InChI is InChI=1S/C13H8ClF3N4OS/c1-18-9-8-10(20-11(23-8)13(15,16)17)21(12(22)19-9)7-5-3-2-4-6(7)14/h2-5H,1H3,(H,18,19,22). The van der Waals surface area contributed by atoms with E-state index in [1.54, 1.807) is 12.1 Å². The van der Waals surface area contributed by atoms with Crippen molar-refractivity contribution in [3.05, 3.63) is 44.8 Å². The normalized spacial score (nSPS) is 11.9. The van der Waals surface area contributed by atoms with Crippen LogP contribution in [0.5, 0.6) is 0 Å². The predicted molar refractivity (Wildman–Crippen MR) is 82.6 cm³/mol. The van der Waals surface area contributed by atoms with Gasteiger partial charge in [-0.25, -0.2) is 14.3 Å². The minimum Gasteiger partial charge on any atom is -0.372 e. The van der Waals surface area contributed by atoms with Crippen molar-refractivity contribution in [3.8, 4) is 5.69 Å². The molecule has 3 aromatic rings. The van der Waals surface area contributed by atoms with Gasteiger partial charge in [0, 0.05) is 7.05 Å². The van der Waals surface area contributed by atoms with Crippen molar-refractivity contribution in [1.29, 1.82) is 0 Å². The van der Waals surface area contributed by atoms with Crippen LogP contribution in [0.1, 0.15) is 5.01 Å². The molecule has 0 saturated carbocycles. The summed E-state index contributed by atoms with van der Waals surface area (Å²) in [4.78, 5) is 19.6. The fourth-order valence-corrected chi connectivity index (χ4v) is 3.18. The van der Waals surface area contributed by atoms with E-state index in [9.17, 15) is 18.0 Å². The summed E-state index contributed by atoms with van der Waals surface area (Å²) in [5.41, 5.74) is -0.688. The molecule has 0 unspecified atom stereocenters. The Labute approximate surface area is 136 Å². The highest BCUT2D eigenvalue weighted by Crippen LogP contribution is 2.37. The van der Waals surface area contributed by atoms with Crippen molar-refractivity contribution in [3.63, 3.8) is 0 Å². The number of para-hydroxylation sites is 1. The highest BCUT2D eigenvalue weighted by atomic mass is 35.5. The van der Waals surface area contributed by atoms with Crippen LogP contribution in [0.25, 0.3) is 16.0 Å². The smallest absolute Gasteiger partial charge is 0.372 e. The van der Waals surface area contributed by atoms with Crippen LogP contribution in [0, 0.1) is 0 Å². The van der Waals surface area contributed by atoms with Crippen molar-refractivity contribution in [2.24, 2.45) is 0 Å². The summed E-state index contributed by atoms with van der Waals surface area (Å²) >= 11 is 6.47. The summed E-state index contributed by atoms with van der Waals surface area (Å²) in [7, 11) is 1.47. The van der Waals surface area contributed by atoms with Gasteiger partial charge < -0.3 is 5.32 Å². The lowest BCUT2D eigenvalue weighted by atomic mass is 10.3. The van der Waals surface area contributed by atoms with E-state index in [2.05, 4.69) is 15.3 Å². The van der Waals surface area contributed by atoms with Gasteiger partial charge in [0.1, 0.15) is 4.70 Å². The summed E-state index contributed by atoms with van der Waals surface area (Å²) in [5, 5.41) is 1.76. The van der Waals surface area contributed by atoms with Gasteiger partial charge in [-0.15, -0.1) is 11.3 Å². The average Bonchev–Trinajstić information content (AvgIpc) is 2.93. The van der Waals surface area contributed by atoms with Crippen LogP contribution in [-0.2, 0) is 6.18 Å². The Hall–Kier alpha value is -2.13. The lowest BCUT2D eigenvalue weighted by Crippen LogP contribution is -2.23. The van der Waals surface area contributed by atoms with Gasteiger partial charge in [0.15, 0.2) is 11.5 Å². The number of hydrogen-bond donors (Lipinski definition) is 1. The maximum Gasteiger partial charge on any atom is 0.443 e. The number of benzene rings is 1. The average molecular weight is 361 g/mol. The van der Waals surface area contributed by atoms with Gasteiger partial charge in [-0.05, 0) is 12.1 Å². The Bertz CT molecular complexity index is 951. The zero-order chi connectivity index (χ0) is 16.8. The number of nitrogens with zero attached hydrogens (tertiary/aromatic N) is 3. The maximum atomic E-state index is 13.0. The van der Waals surface area contributed by atoms with Gasteiger partial charge in [0.25, 0.3) is 0 Å². The first-order valence-corrected chi connectivity index (χ1v) is 7.46. The molecule has 0 aliphatic heterocycles. The predicted octanol–water partition coefficient (Wildman–Crippen LogP) is 3.56. The maximum absolute atomic E-state index is 13.0. The molecule has 2 heterocycles. The topological polar surface area (TPSA) is 59.8 Å². The van der Waals surface area contributed by atoms with Gasteiger partial charge in [-0.1, -0.05) is 23.7 Å². The van der Waals surface area contributed by atoms with Crippen molar-refractivity contribution in [1.82, 2.24) is 14.5 Å². The molecule has 0 aliphatic carbocycles. The minimum absolute atomic E-state index is 0.0429. The zero-order valence-electron chi connectivity index (χ0n) is 11.5. The molecule has 0 spiro atoms. The van der Waals surface area contributed by atoms with E-state index in [1.807, 2.05) is 0 Å². The van der Waals surface area contributed by atoms with E-state index in [0.29, 0.717) is 11.3 Å². The number of halogens is 4. The summed E-state index contributed by atoms with van der Waals surface area (Å²) in [6.07, 6.45) is -4.62. The number of thiazole rings is 1. The molecule has 120 valence electrons. The zero-order valence-corrected chi connectivity index (χ0v) is 13.1. The van der Waals surface area contributed by atoms with E-state index in [4.69, 9.17) is 11.6 Å². The van der Waals surface area contributed by atoms with E-state index < -0.39 is 16.9 Å². The fraction of sp³-hybridized carbons (Fsp3) is 0.154. The lowest BCUT2D eigenvalue weighted by molar-refractivity contribution is -0.137. The second-order valence-electron chi connectivity index (χ2n) is 4.45. The number of rotatable bonds is 2. The van der Waals surface area contributed by atoms with Crippen LogP contribution in [0.2, 0.25) is 5.02 Å². The summed E-state index contributed by atoms with van der Waals surface area (Å²) < 4.78 is 40.0. The summed E-state index contributed by atoms with van der Waals surface area (Å²) in [6, 6.07) is 6.29. The number of alkyl halides is 3. The molecule has 2 aromatic heterocycles. The van der Waals surface area contributed by atoms with Gasteiger partial charge in [-0.2, -0.15) is 18.2 Å². The summed E-state index contributed by atoms with van der Waals surface area (Å²) in [5.74, 6) is 0.0429. The van der Waals surface area contributed by atoms with Crippen LogP contribution in [-0.4, -0.2) is 21.6 Å². The molecule has 3 rings (SSSR count). The fourth-order valence-electron chi connectivity index (χ4n) is 2.05. The lowest BCUT2D eigenvalue weighted by Gasteiger charge is -2.09. The third kappa shape index (κ3) is 2.66. The van der Waals surface area contributed by atoms with E-state index in [-0.39, 0.29) is 26.9 Å². The third-order valence-corrected chi connectivity index (χ3v) is 4.42. The Morgan fingerprint density at radius 1 is 1.26 bits per heavy atom. The Balaban J connectivity index is 2.43. The van der Waals surface area contributed by atoms with Gasteiger partial charge >= 0.3 is 11.9 Å². The Kier molecular flexibility index (Phi) is 3.77. The highest BCUT2D eigenvalue weighted by Gasteiger charge is 2.36. The molecule has 1 aromatic carbocycles. The molecule has 10 heteroatoms. The first kappa shape index (κ1) is 15.8. The quantitative estimate of drug-likeness (QED) is 0.759. The molecule has 0 aliphatic rings. The minimum atomic E-state index is -4.62. The van der Waals surface area contributed by atoms with Crippen LogP contribution in [0.4, 0.5) is 19.0 Å². The molecule has 1 N–H and O–H groups in total. The molecule has 0 saturated heterocycles. The second kappa shape index (κ2) is 5.50. The molecule has 0 radical (unpaired) electrons. The van der Waals surface area contributed by atoms with Crippen molar-refractivity contribution >= 4 is 39.1 Å². The van der Waals surface area contributed by atoms with Crippen LogP contribution in [0.3, 0.4) is 0 Å². The van der Waals surface area contributed by atoms with Crippen LogP contribution >= 0.6 is 22.9 Å². The first-order chi connectivity index (χ1) is 10.8. The number of aromatic nitrogens is 3. The molecular formula is C13H8ClF3N4OS. The molecule has 5 nitrogen and oxygen atoms in total. The second-order valence-corrected chi connectivity index (χ2v) is 5.86. The number of nitrogens with one attached hydrogen (secondary N) is 1. The molecule has 0 amide bonds. The number of hydrogen-bond acceptors (Lipinski definition) is 5. The largest absolute Gasteiger partial charge is 0.443 e. The molecule has 0 atom stereocenters. The van der Waals surface area contributed by atoms with Crippen LogP contribution < -0.4 is 11.0 Å². The van der Waals surface area contributed by atoms with Crippen LogP contribution in [0.15, 0.2) is 29.1 Å². The van der Waals surface area contributed by atoms with E-state index in [0.717, 1.165) is 4.57 Å². The summed E-state index contributed by atoms with van der Waals surface area (Å²) in [6.45, 7) is 0. The Morgan fingerprint density at radius 3 is 2.57 bits per heavy atom. The third-order valence-electron chi connectivity index (χ3n) is 3.01. The molecule has 0 bridgehead atoms. The highest BCUT2D eigenvalue weighted by molar-refractivity contribution is 7.19. The number of fused-ring (bicyclic) bond motifs is 1. The molecule has 23 heavy (non-hydrogen) atoms. The van der Waals surface area contributed by atoms with E-state index >= 15 is 0 Å². The molecule has 0 fully saturated rings. The van der Waals surface area contributed by atoms with Crippen molar-refractivity contribution in [2.45, 2.75) is 6.18 Å².